The fourth-order valence-electron chi connectivity index (χ4n) is 6.37. The third-order valence-electron chi connectivity index (χ3n) is 8.77. The van der Waals surface area contributed by atoms with Crippen LogP contribution in [0.4, 0.5) is 0 Å². The Bertz CT molecular complexity index is 3130. The number of pyridine rings is 3. The molecule has 4 heterocycles. The van der Waals surface area contributed by atoms with E-state index in [1.54, 1.807) is 72.9 Å². The van der Waals surface area contributed by atoms with Crippen molar-refractivity contribution in [2.24, 2.45) is 10.8 Å². The molecule has 0 aliphatic heterocycles. The number of fused-ring (bicyclic) bond motifs is 3. The van der Waals surface area contributed by atoms with Crippen molar-refractivity contribution in [3.8, 4) is 44.8 Å². The third-order valence-corrected chi connectivity index (χ3v) is 8.77. The van der Waals surface area contributed by atoms with Crippen LogP contribution in [0.1, 0.15) is 87.3 Å². The summed E-state index contributed by atoms with van der Waals surface area (Å²) in [6, 6.07) is 37.4. The SMILES string of the molecule is [2H]C([2H])([2H])c1c[c-]c(-c2ccc(C([2H])([2H])C(C)(C)C)cn2)cc1-c1ccccc1.[2H]C([2H])([2H])c1ccc2c(n1)oc1c(-c3cc(-c4ccc(C([2H])([2H])C(C)(C)C)cc4)c(C([2H])([2H])[2H])cn3)[c-]ccc12.[Ir]. The second kappa shape index (κ2) is 17.1. The monoisotopic (exact) mass is 939 g/mol. The van der Waals surface area contributed by atoms with Gasteiger partial charge in [-0.05, 0) is 94.2 Å². The van der Waals surface area contributed by atoms with Crippen LogP contribution in [-0.2, 0) is 32.9 Å². The van der Waals surface area contributed by atoms with Gasteiger partial charge in [-0.15, -0.1) is 47.5 Å². The molecule has 4 aromatic carbocycles. The first-order valence-electron chi connectivity index (χ1n) is 24.8. The minimum atomic E-state index is -2.44. The normalized spacial score (nSPS) is 16.1. The van der Waals surface area contributed by atoms with Gasteiger partial charge >= 0.3 is 0 Å². The van der Waals surface area contributed by atoms with Gasteiger partial charge in [-0.1, -0.05) is 138 Å². The van der Waals surface area contributed by atoms with Gasteiger partial charge in [0, 0.05) is 61.4 Å². The molecule has 0 spiro atoms. The number of nitrogens with zero attached hydrogens (tertiary/aromatic N) is 3. The van der Waals surface area contributed by atoms with E-state index in [0.717, 1.165) is 5.56 Å². The van der Waals surface area contributed by atoms with E-state index in [4.69, 9.17) is 22.2 Å². The van der Waals surface area contributed by atoms with Crippen molar-refractivity contribution >= 4 is 22.1 Å². The summed E-state index contributed by atoms with van der Waals surface area (Å²) in [6.07, 6.45) is -0.252. The summed E-state index contributed by atoms with van der Waals surface area (Å²) in [4.78, 5) is 13.1. The van der Waals surface area contributed by atoms with Crippen molar-refractivity contribution in [1.82, 2.24) is 15.0 Å². The topological polar surface area (TPSA) is 51.8 Å². The maximum atomic E-state index is 8.57. The Morgan fingerprint density at radius 1 is 0.649 bits per heavy atom. The van der Waals surface area contributed by atoms with Crippen LogP contribution in [0, 0.1) is 43.5 Å². The molecule has 0 unspecified atom stereocenters. The van der Waals surface area contributed by atoms with Crippen LogP contribution in [0.15, 0.2) is 126 Å². The van der Waals surface area contributed by atoms with E-state index >= 15 is 0 Å². The van der Waals surface area contributed by atoms with Crippen molar-refractivity contribution in [3.05, 3.63) is 162 Å². The first-order valence-corrected chi connectivity index (χ1v) is 18.3. The summed E-state index contributed by atoms with van der Waals surface area (Å²) >= 11 is 0. The molecule has 4 aromatic heterocycles. The Morgan fingerprint density at radius 3 is 2.02 bits per heavy atom. The molecule has 4 nitrogen and oxygen atoms in total. The second-order valence-electron chi connectivity index (χ2n) is 15.7. The van der Waals surface area contributed by atoms with Crippen molar-refractivity contribution in [1.29, 1.82) is 0 Å². The fourth-order valence-corrected chi connectivity index (χ4v) is 6.37. The minimum Gasteiger partial charge on any atom is -0.486 e. The molecule has 8 aromatic rings. The molecule has 57 heavy (non-hydrogen) atoms. The fraction of sp³-hybridized carbons (Fsp3) is 0.250. The standard InChI is InChI=1S/C29H27N2O.C23H24N.Ir/c1-18-17-30-26(15-25(18)21-12-10-20(11-13-21)16-29(3,4)5)24-8-6-7-22-23-14-9-19(2)31-28(23)32-27(22)24;1-17-10-12-20(14-21(17)19-8-6-5-7-9-19)22-13-11-18(16-24-22)15-23(2,3)4;/h6-7,9-15,17H,16H2,1-5H3;5-11,13-14,16H,15H2,1-4H3;/q2*-1;/i1D3,2D3,16D2;1D3,15D2;. The van der Waals surface area contributed by atoms with Crippen LogP contribution in [0.3, 0.4) is 0 Å². The largest absolute Gasteiger partial charge is 0.486 e. The van der Waals surface area contributed by atoms with Gasteiger partial charge < -0.3 is 14.4 Å². The zero-order chi connectivity index (χ0) is 50.7. The van der Waals surface area contributed by atoms with Gasteiger partial charge in [0.1, 0.15) is 0 Å². The van der Waals surface area contributed by atoms with Gasteiger partial charge in [0.15, 0.2) is 0 Å². The third kappa shape index (κ3) is 10.0. The van der Waals surface area contributed by atoms with E-state index in [0.29, 0.717) is 66.7 Å². The molecule has 0 N–H and O–H groups in total. The molecule has 0 aliphatic rings. The van der Waals surface area contributed by atoms with Crippen LogP contribution in [0.25, 0.3) is 66.8 Å². The van der Waals surface area contributed by atoms with Crippen molar-refractivity contribution in [2.45, 2.75) is 74.8 Å². The number of hydrogen-bond acceptors (Lipinski definition) is 4. The Labute approximate surface area is 370 Å². The maximum absolute atomic E-state index is 8.57. The van der Waals surface area contributed by atoms with E-state index in [9.17, 15) is 0 Å². The number of rotatable bonds is 6. The number of aryl methyl sites for hydroxylation is 3. The molecule has 0 fully saturated rings. The Morgan fingerprint density at radius 2 is 1.33 bits per heavy atom. The van der Waals surface area contributed by atoms with Gasteiger partial charge in [0.2, 0.25) is 5.71 Å². The molecule has 291 valence electrons. The first-order chi connectivity index (χ1) is 31.9. The number of aromatic nitrogens is 3. The molecule has 8 rings (SSSR count). The quantitative estimate of drug-likeness (QED) is 0.156. The van der Waals surface area contributed by atoms with E-state index < -0.39 is 44.1 Å². The molecule has 0 amide bonds. The zero-order valence-electron chi connectivity index (χ0n) is 45.6. The minimum absolute atomic E-state index is 0. The van der Waals surface area contributed by atoms with Gasteiger partial charge in [0.05, 0.1) is 5.58 Å². The summed E-state index contributed by atoms with van der Waals surface area (Å²) < 4.78 is 111. The molecular formula is C52H51IrN3O-2. The van der Waals surface area contributed by atoms with E-state index in [-0.39, 0.29) is 42.6 Å². The van der Waals surface area contributed by atoms with Crippen molar-refractivity contribution < 1.29 is 42.3 Å². The van der Waals surface area contributed by atoms with Crippen molar-refractivity contribution in [2.75, 3.05) is 0 Å². The number of furan rings is 1. The molecule has 0 saturated heterocycles. The number of hydrogen-bond donors (Lipinski definition) is 0. The van der Waals surface area contributed by atoms with Crippen LogP contribution >= 0.6 is 0 Å². The predicted octanol–water partition coefficient (Wildman–Crippen LogP) is 13.8. The Hall–Kier alpha value is -5.22. The van der Waals surface area contributed by atoms with Crippen molar-refractivity contribution in [3.63, 3.8) is 0 Å². The van der Waals surface area contributed by atoms with E-state index in [2.05, 4.69) is 27.1 Å². The molecule has 0 saturated carbocycles. The van der Waals surface area contributed by atoms with Crippen LogP contribution < -0.4 is 0 Å². The van der Waals surface area contributed by atoms with Gasteiger partial charge in [0.25, 0.3) is 0 Å². The molecule has 0 aliphatic carbocycles. The van der Waals surface area contributed by atoms with Gasteiger partial charge in [-0.25, -0.2) is 4.98 Å². The first kappa shape index (κ1) is 27.4. The average Bonchev–Trinajstić information content (AvgIpc) is 3.66. The van der Waals surface area contributed by atoms with Crippen LogP contribution in [0.5, 0.6) is 0 Å². The van der Waals surface area contributed by atoms with Gasteiger partial charge in [-0.2, -0.15) is 0 Å². The smallest absolute Gasteiger partial charge is 0.216 e. The second-order valence-corrected chi connectivity index (χ2v) is 15.7. The van der Waals surface area contributed by atoms with E-state index in [1.165, 1.54) is 18.3 Å². The number of benzene rings is 4. The van der Waals surface area contributed by atoms with Gasteiger partial charge in [-0.3, -0.25) is 0 Å². The predicted molar refractivity (Wildman–Crippen MR) is 233 cm³/mol. The Balaban J connectivity index is 0.000000238. The van der Waals surface area contributed by atoms with Crippen LogP contribution in [-0.4, -0.2) is 15.0 Å². The zero-order valence-corrected chi connectivity index (χ0v) is 35.0. The summed E-state index contributed by atoms with van der Waals surface area (Å²) in [5.74, 6) is 0. The maximum Gasteiger partial charge on any atom is 0.216 e. The summed E-state index contributed by atoms with van der Waals surface area (Å²) in [5, 5.41) is 1.34. The molecule has 0 atom stereocenters. The summed E-state index contributed by atoms with van der Waals surface area (Å²) in [6.45, 7) is 3.99. The average molecular weight is 939 g/mol. The Kier molecular flexibility index (Phi) is 8.23. The molecule has 5 heteroatoms. The summed E-state index contributed by atoms with van der Waals surface area (Å²) in [7, 11) is 0. The molecular weight excluding hydrogens is 875 g/mol. The molecule has 0 bridgehead atoms. The van der Waals surface area contributed by atoms with E-state index in [1.807, 2.05) is 71.9 Å². The summed E-state index contributed by atoms with van der Waals surface area (Å²) in [5.41, 5.74) is 5.25. The molecule has 1 radical (unpaired) electrons. The van der Waals surface area contributed by atoms with Crippen LogP contribution in [0.2, 0.25) is 0 Å².